The second-order valence-electron chi connectivity index (χ2n) is 9.74. The zero-order valence-corrected chi connectivity index (χ0v) is 26.0. The number of nitrogens with one attached hydrogen (secondary N) is 3. The van der Waals surface area contributed by atoms with E-state index in [1.54, 1.807) is 36.4 Å². The van der Waals surface area contributed by atoms with Crippen LogP contribution in [-0.2, 0) is 9.59 Å². The lowest BCUT2D eigenvalue weighted by molar-refractivity contribution is -0.116. The maximum atomic E-state index is 13.5. The minimum absolute atomic E-state index is 0.0755. The summed E-state index contributed by atoms with van der Waals surface area (Å²) in [6.45, 7) is 5.94. The number of aryl methyl sites for hydroxylation is 2. The van der Waals surface area contributed by atoms with E-state index in [-0.39, 0.29) is 16.9 Å². The van der Waals surface area contributed by atoms with Gasteiger partial charge < -0.3 is 16.0 Å². The lowest BCUT2D eigenvalue weighted by Crippen LogP contribution is -2.30. The van der Waals surface area contributed by atoms with E-state index in [1.807, 2.05) is 87.5 Å². The fourth-order valence-electron chi connectivity index (χ4n) is 4.12. The molecule has 0 radical (unpaired) electrons. The van der Waals surface area contributed by atoms with Crippen molar-refractivity contribution in [2.24, 2.45) is 0 Å². The van der Waals surface area contributed by atoms with Gasteiger partial charge in [-0.3, -0.25) is 14.4 Å². The van der Waals surface area contributed by atoms with Gasteiger partial charge in [-0.1, -0.05) is 71.4 Å². The molecule has 0 aromatic heterocycles. The third-order valence-electron chi connectivity index (χ3n) is 6.37. The quantitative estimate of drug-likeness (QED) is 0.121. The Labute approximate surface area is 259 Å². The summed E-state index contributed by atoms with van der Waals surface area (Å²) in [5.41, 5.74) is 4.71. The van der Waals surface area contributed by atoms with E-state index in [9.17, 15) is 14.4 Å². The van der Waals surface area contributed by atoms with Crippen LogP contribution in [0.5, 0.6) is 0 Å². The highest BCUT2D eigenvalue weighted by Gasteiger charge is 2.20. The van der Waals surface area contributed by atoms with E-state index in [1.165, 1.54) is 11.8 Å². The van der Waals surface area contributed by atoms with E-state index in [4.69, 9.17) is 0 Å². The molecule has 0 saturated carbocycles. The Kier molecular flexibility index (Phi) is 10.8. The van der Waals surface area contributed by atoms with E-state index < -0.39 is 11.8 Å². The Bertz CT molecular complexity index is 1620. The first kappa shape index (κ1) is 30.8. The van der Waals surface area contributed by atoms with Gasteiger partial charge in [0, 0.05) is 26.3 Å². The Morgan fingerprint density at radius 1 is 0.857 bits per heavy atom. The van der Waals surface area contributed by atoms with Crippen LogP contribution in [0, 0.1) is 13.8 Å². The van der Waals surface area contributed by atoms with Gasteiger partial charge in [0.05, 0.1) is 5.25 Å². The number of halogens is 1. The molecule has 3 N–H and O–H groups in total. The average molecular weight is 643 g/mol. The van der Waals surface area contributed by atoms with Crippen LogP contribution in [0.25, 0.3) is 6.08 Å². The summed E-state index contributed by atoms with van der Waals surface area (Å²) in [6, 6.07) is 29.5. The highest BCUT2D eigenvalue weighted by molar-refractivity contribution is 9.10. The van der Waals surface area contributed by atoms with Crippen molar-refractivity contribution in [2.75, 3.05) is 10.6 Å². The fraction of sp³-hybridized carbons (Fsp3) is 0.147. The van der Waals surface area contributed by atoms with Gasteiger partial charge in [0.2, 0.25) is 5.91 Å². The van der Waals surface area contributed by atoms with Crippen molar-refractivity contribution in [1.29, 1.82) is 0 Å². The summed E-state index contributed by atoms with van der Waals surface area (Å²) in [4.78, 5) is 40.3. The zero-order valence-electron chi connectivity index (χ0n) is 23.6. The van der Waals surface area contributed by atoms with Crippen molar-refractivity contribution >= 4 is 62.9 Å². The van der Waals surface area contributed by atoms with Gasteiger partial charge in [-0.2, -0.15) is 0 Å². The summed E-state index contributed by atoms with van der Waals surface area (Å²) in [5, 5.41) is 8.40. The normalized spacial score (nSPS) is 11.9. The van der Waals surface area contributed by atoms with Crippen LogP contribution in [-0.4, -0.2) is 23.0 Å². The van der Waals surface area contributed by atoms with Crippen molar-refractivity contribution < 1.29 is 14.4 Å². The van der Waals surface area contributed by atoms with Crippen molar-refractivity contribution in [3.63, 3.8) is 0 Å². The molecular weight excluding hydrogens is 610 g/mol. The van der Waals surface area contributed by atoms with Crippen LogP contribution >= 0.6 is 27.7 Å². The van der Waals surface area contributed by atoms with Crippen LogP contribution in [0.1, 0.15) is 40.4 Å². The third-order valence-corrected chi connectivity index (χ3v) is 8.22. The van der Waals surface area contributed by atoms with Crippen molar-refractivity contribution in [2.45, 2.75) is 37.3 Å². The molecule has 214 valence electrons. The number of amides is 3. The molecule has 4 aromatic carbocycles. The highest BCUT2D eigenvalue weighted by Crippen LogP contribution is 2.29. The number of hydrogen-bond acceptors (Lipinski definition) is 4. The number of rotatable bonds is 10. The van der Waals surface area contributed by atoms with Crippen molar-refractivity contribution in [3.05, 3.63) is 129 Å². The Hall–Kier alpha value is -4.14. The highest BCUT2D eigenvalue weighted by atomic mass is 79.9. The molecule has 4 aromatic rings. The molecule has 4 rings (SSSR count). The summed E-state index contributed by atoms with van der Waals surface area (Å²) in [5.74, 6) is -0.938. The second-order valence-corrected chi connectivity index (χ2v) is 11.9. The molecule has 6 nitrogen and oxygen atoms in total. The van der Waals surface area contributed by atoms with E-state index in [2.05, 4.69) is 31.9 Å². The minimum atomic E-state index is -0.471. The van der Waals surface area contributed by atoms with Gasteiger partial charge in [0.25, 0.3) is 11.8 Å². The van der Waals surface area contributed by atoms with Crippen LogP contribution < -0.4 is 16.0 Å². The molecule has 0 aliphatic carbocycles. The molecule has 0 aliphatic rings. The lowest BCUT2D eigenvalue weighted by Gasteiger charge is -2.17. The summed E-state index contributed by atoms with van der Waals surface area (Å²) in [7, 11) is 0. The molecule has 3 amide bonds. The number of hydrogen-bond donors (Lipinski definition) is 3. The number of benzene rings is 4. The van der Waals surface area contributed by atoms with Gasteiger partial charge in [-0.25, -0.2) is 0 Å². The molecule has 8 heteroatoms. The smallest absolute Gasteiger partial charge is 0.272 e. The molecular formula is C34H32BrN3O3S. The van der Waals surface area contributed by atoms with Crippen LogP contribution in [0.4, 0.5) is 11.4 Å². The Balaban J connectivity index is 1.51. The maximum absolute atomic E-state index is 13.5. The minimum Gasteiger partial charge on any atom is -0.325 e. The summed E-state index contributed by atoms with van der Waals surface area (Å²) >= 11 is 4.89. The maximum Gasteiger partial charge on any atom is 0.272 e. The average Bonchev–Trinajstić information content (AvgIpc) is 2.98. The number of thioether (sulfide) groups is 1. The topological polar surface area (TPSA) is 87.3 Å². The third kappa shape index (κ3) is 8.68. The van der Waals surface area contributed by atoms with Gasteiger partial charge in [0.15, 0.2) is 0 Å². The predicted octanol–water partition coefficient (Wildman–Crippen LogP) is 7.98. The van der Waals surface area contributed by atoms with Crippen LogP contribution in [0.15, 0.2) is 112 Å². The van der Waals surface area contributed by atoms with Crippen molar-refractivity contribution in [3.8, 4) is 0 Å². The SMILES string of the molecule is CCC(Sc1cccc(NC(=O)/C(=C\c2cccc(Br)c2)NC(=O)c2ccccc2)c1)C(=O)Nc1cc(C)ccc1C. The van der Waals surface area contributed by atoms with Gasteiger partial charge >= 0.3 is 0 Å². The van der Waals surface area contributed by atoms with Gasteiger partial charge in [-0.05, 0) is 91.6 Å². The first-order valence-corrected chi connectivity index (χ1v) is 15.2. The molecule has 1 atom stereocenters. The second kappa shape index (κ2) is 14.7. The largest absolute Gasteiger partial charge is 0.325 e. The monoisotopic (exact) mass is 641 g/mol. The molecule has 0 spiro atoms. The standard InChI is InChI=1S/C34H32BrN3O3S/c1-4-31(34(41)37-29-18-22(2)16-17-23(29)3)42-28-15-9-14-27(21-28)36-33(40)30(20-24-10-8-13-26(35)19-24)38-32(39)25-11-6-5-7-12-25/h5-21,31H,4H2,1-3H3,(H,36,40)(H,37,41)(H,38,39)/b30-20+. The van der Waals surface area contributed by atoms with E-state index in [0.29, 0.717) is 17.7 Å². The summed E-state index contributed by atoms with van der Waals surface area (Å²) in [6.07, 6.45) is 2.26. The van der Waals surface area contributed by atoms with Crippen LogP contribution in [0.2, 0.25) is 0 Å². The molecule has 0 saturated heterocycles. The van der Waals surface area contributed by atoms with Gasteiger partial charge in [0.1, 0.15) is 5.70 Å². The van der Waals surface area contributed by atoms with Gasteiger partial charge in [-0.15, -0.1) is 11.8 Å². The predicted molar refractivity (Wildman–Crippen MR) is 176 cm³/mol. The lowest BCUT2D eigenvalue weighted by atomic mass is 10.1. The van der Waals surface area contributed by atoms with E-state index >= 15 is 0 Å². The molecule has 1 unspecified atom stereocenters. The van der Waals surface area contributed by atoms with Crippen molar-refractivity contribution in [1.82, 2.24) is 5.32 Å². The molecule has 0 bridgehead atoms. The number of carbonyl (C=O) groups excluding carboxylic acids is 3. The summed E-state index contributed by atoms with van der Waals surface area (Å²) < 4.78 is 0.849. The van der Waals surface area contributed by atoms with E-state index in [0.717, 1.165) is 31.7 Å². The molecule has 42 heavy (non-hydrogen) atoms. The Morgan fingerprint density at radius 2 is 1.62 bits per heavy atom. The zero-order chi connectivity index (χ0) is 30.1. The van der Waals surface area contributed by atoms with Crippen LogP contribution in [0.3, 0.4) is 0 Å². The number of carbonyl (C=O) groups is 3. The molecule has 0 aliphatic heterocycles. The first-order valence-electron chi connectivity index (χ1n) is 13.5. The number of anilines is 2. The molecule has 0 fully saturated rings. The molecule has 0 heterocycles. The Morgan fingerprint density at radius 3 is 2.36 bits per heavy atom. The fourth-order valence-corrected chi connectivity index (χ4v) is 5.55. The first-order chi connectivity index (χ1) is 20.2.